The monoisotopic (exact) mass is 810 g/mol. The molecule has 0 N–H and O–H groups in total. The van der Waals surface area contributed by atoms with Crippen molar-refractivity contribution >= 4 is 28.4 Å². The average molecular weight is 811 g/mol. The van der Waals surface area contributed by atoms with Gasteiger partial charge in [0.1, 0.15) is 0 Å². The summed E-state index contributed by atoms with van der Waals surface area (Å²) in [5, 5.41) is 0. The maximum atomic E-state index is 2.49. The van der Waals surface area contributed by atoms with Gasteiger partial charge in [0, 0.05) is 34.1 Å². The summed E-state index contributed by atoms with van der Waals surface area (Å²) in [6, 6.07) is 87.8. The van der Waals surface area contributed by atoms with E-state index in [1.54, 1.807) is 0 Å². The highest BCUT2D eigenvalue weighted by Gasteiger charge is 2.31. The first-order valence-corrected chi connectivity index (χ1v) is 22.1. The number of rotatable bonds is 11. The van der Waals surface area contributed by atoms with Crippen LogP contribution < -0.4 is 9.80 Å². The Kier molecular flexibility index (Phi) is 11.1. The van der Waals surface area contributed by atoms with Crippen molar-refractivity contribution in [2.75, 3.05) is 9.80 Å². The molecule has 0 aromatic heterocycles. The summed E-state index contributed by atoms with van der Waals surface area (Å²) in [4.78, 5) is 4.84. The SMILES string of the molecule is CC1(c2ccc(N(c3ccc(-c4ccccc4)cc3)c3ccc(-c4ccccc4)cc3)cc2)CC=C(N(c2ccc(-c3ccccc3)cc2)c2ccc(-c3ccccc3)cc2)CC1. The lowest BCUT2D eigenvalue weighted by molar-refractivity contribution is 0.417. The Labute approximate surface area is 372 Å². The fourth-order valence-corrected chi connectivity index (χ4v) is 9.09. The first-order chi connectivity index (χ1) is 31.1. The van der Waals surface area contributed by atoms with E-state index < -0.39 is 0 Å². The smallest absolute Gasteiger partial charge is 0.0462 e. The molecule has 304 valence electrons. The molecule has 0 bridgehead atoms. The number of anilines is 5. The van der Waals surface area contributed by atoms with E-state index in [0.717, 1.165) is 36.3 Å². The van der Waals surface area contributed by atoms with Crippen LogP contribution in [-0.4, -0.2) is 0 Å². The molecule has 10 rings (SSSR count). The second kappa shape index (κ2) is 17.7. The van der Waals surface area contributed by atoms with Crippen LogP contribution in [0.1, 0.15) is 31.7 Å². The molecule has 9 aromatic rings. The molecule has 0 fully saturated rings. The van der Waals surface area contributed by atoms with Crippen LogP contribution in [0, 0.1) is 0 Å². The van der Waals surface area contributed by atoms with Crippen LogP contribution in [0.5, 0.6) is 0 Å². The minimum absolute atomic E-state index is 0.00152. The lowest BCUT2D eigenvalue weighted by atomic mass is 9.72. The predicted molar refractivity (Wildman–Crippen MR) is 267 cm³/mol. The Bertz CT molecular complexity index is 2740. The highest BCUT2D eigenvalue weighted by molar-refractivity contribution is 5.80. The topological polar surface area (TPSA) is 6.48 Å². The lowest BCUT2D eigenvalue weighted by Gasteiger charge is -2.38. The molecule has 1 atom stereocenters. The van der Waals surface area contributed by atoms with Crippen molar-refractivity contribution in [2.24, 2.45) is 0 Å². The van der Waals surface area contributed by atoms with E-state index in [0.29, 0.717) is 0 Å². The van der Waals surface area contributed by atoms with Gasteiger partial charge in [-0.2, -0.15) is 0 Å². The Morgan fingerprint density at radius 1 is 0.302 bits per heavy atom. The Balaban J connectivity index is 0.944. The number of nitrogens with zero attached hydrogens (tertiary/aromatic N) is 2. The molecular formula is C61H50N2. The van der Waals surface area contributed by atoms with Crippen LogP contribution >= 0.6 is 0 Å². The molecule has 63 heavy (non-hydrogen) atoms. The molecule has 0 saturated carbocycles. The van der Waals surface area contributed by atoms with Gasteiger partial charge in [0.05, 0.1) is 0 Å². The van der Waals surface area contributed by atoms with E-state index in [9.17, 15) is 0 Å². The van der Waals surface area contributed by atoms with Crippen molar-refractivity contribution < 1.29 is 0 Å². The zero-order valence-corrected chi connectivity index (χ0v) is 35.7. The van der Waals surface area contributed by atoms with E-state index in [1.165, 1.54) is 67.1 Å². The van der Waals surface area contributed by atoms with E-state index in [2.05, 4.69) is 265 Å². The van der Waals surface area contributed by atoms with Crippen molar-refractivity contribution in [1.29, 1.82) is 0 Å². The van der Waals surface area contributed by atoms with Crippen LogP contribution in [-0.2, 0) is 5.41 Å². The molecule has 2 heteroatoms. The number of benzene rings is 9. The van der Waals surface area contributed by atoms with Crippen LogP contribution in [0.4, 0.5) is 28.4 Å². The van der Waals surface area contributed by atoms with Gasteiger partial charge in [0.15, 0.2) is 0 Å². The van der Waals surface area contributed by atoms with Crippen molar-refractivity contribution in [3.05, 3.63) is 260 Å². The average Bonchev–Trinajstić information content (AvgIpc) is 3.37. The maximum absolute atomic E-state index is 2.49. The van der Waals surface area contributed by atoms with Gasteiger partial charge in [-0.3, -0.25) is 0 Å². The molecule has 0 aliphatic heterocycles. The maximum Gasteiger partial charge on any atom is 0.0462 e. The minimum Gasteiger partial charge on any atom is -0.315 e. The molecule has 0 heterocycles. The summed E-state index contributed by atoms with van der Waals surface area (Å²) in [6.07, 6.45) is 5.45. The van der Waals surface area contributed by atoms with Crippen LogP contribution in [0.2, 0.25) is 0 Å². The van der Waals surface area contributed by atoms with Gasteiger partial charge in [-0.15, -0.1) is 0 Å². The van der Waals surface area contributed by atoms with Crippen LogP contribution in [0.15, 0.2) is 254 Å². The predicted octanol–water partition coefficient (Wildman–Crippen LogP) is 17.0. The zero-order valence-electron chi connectivity index (χ0n) is 35.7. The Hall–Kier alpha value is -7.68. The largest absolute Gasteiger partial charge is 0.315 e. The highest BCUT2D eigenvalue weighted by atomic mass is 15.2. The number of hydrogen-bond acceptors (Lipinski definition) is 2. The molecule has 0 amide bonds. The summed E-state index contributed by atoms with van der Waals surface area (Å²) >= 11 is 0. The normalized spacial score (nSPS) is 14.7. The first kappa shape index (κ1) is 39.5. The third-order valence-electron chi connectivity index (χ3n) is 12.8. The van der Waals surface area contributed by atoms with E-state index in [1.807, 2.05) is 0 Å². The first-order valence-electron chi connectivity index (χ1n) is 22.1. The molecule has 2 nitrogen and oxygen atoms in total. The third-order valence-corrected chi connectivity index (χ3v) is 12.8. The second-order valence-electron chi connectivity index (χ2n) is 16.8. The quantitative estimate of drug-likeness (QED) is 0.128. The standard InChI is InChI=1S/C61H50N2/c1-61(44-42-60(43-45-61)63(57-36-26-52(27-37-57)48-18-10-4-11-19-48)58-38-28-53(29-39-58)49-20-12-5-13-21-49)54-30-40-59(41-31-54)62(55-32-22-50(23-33-55)46-14-6-2-7-15-46)56-34-24-51(25-35-56)47-16-8-3-9-17-47/h2-42H,43-45H2,1H3. The lowest BCUT2D eigenvalue weighted by Crippen LogP contribution is -2.28. The van der Waals surface area contributed by atoms with Gasteiger partial charge in [-0.25, -0.2) is 0 Å². The van der Waals surface area contributed by atoms with Crippen LogP contribution in [0.3, 0.4) is 0 Å². The fraction of sp³-hybridized carbons (Fsp3) is 0.0820. The Morgan fingerprint density at radius 3 is 0.857 bits per heavy atom. The van der Waals surface area contributed by atoms with Crippen LogP contribution in [0.25, 0.3) is 44.5 Å². The second-order valence-corrected chi connectivity index (χ2v) is 16.8. The number of allylic oxidation sites excluding steroid dienone is 2. The van der Waals surface area contributed by atoms with E-state index in [4.69, 9.17) is 0 Å². The van der Waals surface area contributed by atoms with Gasteiger partial charge in [0.25, 0.3) is 0 Å². The molecule has 1 aliphatic rings. The summed E-state index contributed by atoms with van der Waals surface area (Å²) in [7, 11) is 0. The van der Waals surface area contributed by atoms with Crippen molar-refractivity contribution in [3.63, 3.8) is 0 Å². The van der Waals surface area contributed by atoms with Gasteiger partial charge >= 0.3 is 0 Å². The van der Waals surface area contributed by atoms with E-state index in [-0.39, 0.29) is 5.41 Å². The molecule has 9 aromatic carbocycles. The van der Waals surface area contributed by atoms with Crippen molar-refractivity contribution in [2.45, 2.75) is 31.6 Å². The summed E-state index contributed by atoms with van der Waals surface area (Å²) in [6.45, 7) is 2.44. The minimum atomic E-state index is 0.00152. The van der Waals surface area contributed by atoms with Gasteiger partial charge < -0.3 is 9.80 Å². The van der Waals surface area contributed by atoms with Gasteiger partial charge in [-0.05, 0) is 135 Å². The molecule has 0 radical (unpaired) electrons. The highest BCUT2D eigenvalue weighted by Crippen LogP contribution is 2.44. The zero-order chi connectivity index (χ0) is 42.4. The fourth-order valence-electron chi connectivity index (χ4n) is 9.09. The Morgan fingerprint density at radius 2 is 0.571 bits per heavy atom. The van der Waals surface area contributed by atoms with E-state index >= 15 is 0 Å². The third kappa shape index (κ3) is 8.49. The molecular weight excluding hydrogens is 761 g/mol. The van der Waals surface area contributed by atoms with Gasteiger partial charge in [0.2, 0.25) is 0 Å². The summed E-state index contributed by atoms with van der Waals surface area (Å²) in [5.74, 6) is 0. The molecule has 1 unspecified atom stereocenters. The summed E-state index contributed by atoms with van der Waals surface area (Å²) < 4.78 is 0. The van der Waals surface area contributed by atoms with Crippen molar-refractivity contribution in [3.8, 4) is 44.5 Å². The summed E-state index contributed by atoms with van der Waals surface area (Å²) in [5.41, 5.74) is 18.2. The van der Waals surface area contributed by atoms with Crippen molar-refractivity contribution in [1.82, 2.24) is 0 Å². The number of hydrogen-bond donors (Lipinski definition) is 0. The molecule has 1 aliphatic carbocycles. The molecule has 0 spiro atoms. The molecule has 0 saturated heterocycles. The van der Waals surface area contributed by atoms with Gasteiger partial charge in [-0.1, -0.05) is 195 Å².